The number of rotatable bonds is 3. The number of carbonyl (C=O) groups is 1. The Bertz CT molecular complexity index is 300. The molecule has 1 aromatic carbocycles. The van der Waals surface area contributed by atoms with Gasteiger partial charge in [-0.15, -0.1) is 0 Å². The van der Waals surface area contributed by atoms with Gasteiger partial charge < -0.3 is 4.90 Å². The maximum atomic E-state index is 11.6. The Kier molecular flexibility index (Phi) is 3.92. The van der Waals surface area contributed by atoms with E-state index < -0.39 is 0 Å². The van der Waals surface area contributed by atoms with Gasteiger partial charge in [0.15, 0.2) is 0 Å². The normalized spacial score (nSPS) is 10.3. The van der Waals surface area contributed by atoms with Gasteiger partial charge in [-0.1, -0.05) is 18.2 Å². The Morgan fingerprint density at radius 1 is 1.29 bits per heavy atom. The van der Waals surface area contributed by atoms with Gasteiger partial charge in [-0.25, -0.2) is 4.42 Å². The van der Waals surface area contributed by atoms with Gasteiger partial charge in [0.05, 0.1) is 6.54 Å². The van der Waals surface area contributed by atoms with Gasteiger partial charge in [0, 0.05) is 19.8 Å². The molecule has 4 heteroatoms. The number of halogens is 1. The van der Waals surface area contributed by atoms with Crippen molar-refractivity contribution in [1.82, 2.24) is 4.42 Å². The van der Waals surface area contributed by atoms with E-state index in [9.17, 15) is 4.79 Å². The van der Waals surface area contributed by atoms with E-state index in [4.69, 9.17) is 11.8 Å². The molecule has 0 aliphatic heterocycles. The Balaban J connectivity index is 2.66. The molecular weight excluding hydrogens is 200 g/mol. The van der Waals surface area contributed by atoms with Crippen LogP contribution >= 0.6 is 11.8 Å². The van der Waals surface area contributed by atoms with Crippen molar-refractivity contribution in [2.75, 3.05) is 25.5 Å². The summed E-state index contributed by atoms with van der Waals surface area (Å²) in [5.41, 5.74) is 0.871. The van der Waals surface area contributed by atoms with E-state index >= 15 is 0 Å². The molecule has 1 aromatic rings. The van der Waals surface area contributed by atoms with Crippen molar-refractivity contribution in [3.05, 3.63) is 30.3 Å². The van der Waals surface area contributed by atoms with Crippen molar-refractivity contribution in [2.24, 2.45) is 0 Å². The predicted molar refractivity (Wildman–Crippen MR) is 58.3 cm³/mol. The lowest BCUT2D eigenvalue weighted by molar-refractivity contribution is -0.118. The molecule has 76 valence electrons. The highest BCUT2D eigenvalue weighted by molar-refractivity contribution is 6.14. The van der Waals surface area contributed by atoms with Crippen LogP contribution in [0.1, 0.15) is 0 Å². The zero-order valence-electron chi connectivity index (χ0n) is 8.27. The molecule has 0 fully saturated rings. The molecule has 0 N–H and O–H groups in total. The molecule has 3 nitrogen and oxygen atoms in total. The van der Waals surface area contributed by atoms with E-state index in [1.54, 1.807) is 19.0 Å². The fraction of sp³-hybridized carbons (Fsp3) is 0.300. The minimum atomic E-state index is -0.0336. The van der Waals surface area contributed by atoms with Crippen LogP contribution in [-0.4, -0.2) is 31.0 Å². The molecule has 0 unspecified atom stereocenters. The van der Waals surface area contributed by atoms with Crippen LogP contribution in [0, 0.1) is 0 Å². The average Bonchev–Trinajstić information content (AvgIpc) is 2.17. The Morgan fingerprint density at radius 2 is 1.86 bits per heavy atom. The van der Waals surface area contributed by atoms with Gasteiger partial charge in [-0.2, -0.15) is 0 Å². The van der Waals surface area contributed by atoms with E-state index in [0.717, 1.165) is 5.69 Å². The van der Waals surface area contributed by atoms with Gasteiger partial charge in [0.25, 0.3) is 0 Å². The van der Waals surface area contributed by atoms with Crippen LogP contribution in [-0.2, 0) is 4.79 Å². The van der Waals surface area contributed by atoms with Crippen LogP contribution in [0.2, 0.25) is 0 Å². The molecule has 0 bridgehead atoms. The molecule has 0 radical (unpaired) electrons. The summed E-state index contributed by atoms with van der Waals surface area (Å²) in [6.45, 7) is 0.201. The van der Waals surface area contributed by atoms with E-state index in [1.807, 2.05) is 30.3 Å². The highest BCUT2D eigenvalue weighted by atomic mass is 35.5. The number of nitrogens with zero attached hydrogens (tertiary/aromatic N) is 2. The van der Waals surface area contributed by atoms with E-state index in [1.165, 1.54) is 4.42 Å². The Labute approximate surface area is 89.0 Å². The lowest BCUT2D eigenvalue weighted by Crippen LogP contribution is -2.33. The minimum absolute atomic E-state index is 0.0336. The van der Waals surface area contributed by atoms with Crippen molar-refractivity contribution >= 4 is 23.4 Å². The van der Waals surface area contributed by atoms with Crippen molar-refractivity contribution in [3.8, 4) is 0 Å². The van der Waals surface area contributed by atoms with Crippen LogP contribution in [0.25, 0.3) is 0 Å². The molecule has 1 amide bonds. The maximum Gasteiger partial charge on any atom is 0.242 e. The van der Waals surface area contributed by atoms with E-state index in [2.05, 4.69) is 0 Å². The zero-order valence-corrected chi connectivity index (χ0v) is 9.03. The summed E-state index contributed by atoms with van der Waals surface area (Å²) in [5, 5.41) is 0. The highest BCUT2D eigenvalue weighted by Crippen LogP contribution is 2.11. The molecule has 0 atom stereocenters. The maximum absolute atomic E-state index is 11.6. The molecule has 14 heavy (non-hydrogen) atoms. The van der Waals surface area contributed by atoms with Gasteiger partial charge in [-0.3, -0.25) is 4.79 Å². The predicted octanol–water partition coefficient (Wildman–Crippen LogP) is 1.73. The molecule has 0 aromatic heterocycles. The van der Waals surface area contributed by atoms with E-state index in [-0.39, 0.29) is 12.5 Å². The number of hydrogen-bond acceptors (Lipinski definition) is 2. The monoisotopic (exact) mass is 212 g/mol. The SMILES string of the molecule is CN(Cl)CC(=O)N(C)c1ccccc1. The molecule has 0 aliphatic rings. The number of amides is 1. The topological polar surface area (TPSA) is 23.6 Å². The van der Waals surface area contributed by atoms with Crippen molar-refractivity contribution in [3.63, 3.8) is 0 Å². The lowest BCUT2D eigenvalue weighted by atomic mass is 10.3. The Morgan fingerprint density at radius 3 is 2.36 bits per heavy atom. The van der Waals surface area contributed by atoms with Gasteiger partial charge in [0.1, 0.15) is 0 Å². The second-order valence-corrected chi connectivity index (χ2v) is 3.63. The third-order valence-corrected chi connectivity index (χ3v) is 1.99. The van der Waals surface area contributed by atoms with Gasteiger partial charge in [0.2, 0.25) is 5.91 Å². The number of anilines is 1. The summed E-state index contributed by atoms with van der Waals surface area (Å²) in [6, 6.07) is 9.46. The zero-order chi connectivity index (χ0) is 10.6. The van der Waals surface area contributed by atoms with Crippen LogP contribution in [0.4, 0.5) is 5.69 Å². The van der Waals surface area contributed by atoms with Crippen LogP contribution in [0.3, 0.4) is 0 Å². The second-order valence-electron chi connectivity index (χ2n) is 3.05. The summed E-state index contributed by atoms with van der Waals surface area (Å²) < 4.78 is 1.34. The van der Waals surface area contributed by atoms with Crippen molar-refractivity contribution in [2.45, 2.75) is 0 Å². The fourth-order valence-corrected chi connectivity index (χ4v) is 1.19. The third-order valence-electron chi connectivity index (χ3n) is 1.87. The number of likely N-dealkylation sites (N-methyl/N-ethyl adjacent to an activating group) is 2. The smallest absolute Gasteiger partial charge is 0.242 e. The van der Waals surface area contributed by atoms with Crippen LogP contribution in [0.5, 0.6) is 0 Å². The summed E-state index contributed by atoms with van der Waals surface area (Å²) in [4.78, 5) is 13.1. The second kappa shape index (κ2) is 4.98. The number of carbonyl (C=O) groups excluding carboxylic acids is 1. The average molecular weight is 213 g/mol. The third kappa shape index (κ3) is 3.01. The molecule has 0 saturated carbocycles. The molecule has 1 rings (SSSR count). The minimum Gasteiger partial charge on any atom is -0.314 e. The lowest BCUT2D eigenvalue weighted by Gasteiger charge is -2.18. The fourth-order valence-electron chi connectivity index (χ4n) is 1.09. The molecule has 0 aliphatic carbocycles. The van der Waals surface area contributed by atoms with E-state index in [0.29, 0.717) is 0 Å². The number of para-hydroxylation sites is 1. The first-order chi connectivity index (χ1) is 6.61. The summed E-state index contributed by atoms with van der Waals surface area (Å²) >= 11 is 5.59. The molecule has 0 spiro atoms. The van der Waals surface area contributed by atoms with Gasteiger partial charge >= 0.3 is 0 Å². The first-order valence-electron chi connectivity index (χ1n) is 4.30. The Hall–Kier alpha value is -1.06. The first kappa shape index (κ1) is 11.0. The highest BCUT2D eigenvalue weighted by Gasteiger charge is 2.11. The molecular formula is C10H13ClN2O. The number of benzene rings is 1. The van der Waals surface area contributed by atoms with Crippen molar-refractivity contribution < 1.29 is 4.79 Å². The molecule has 0 saturated heterocycles. The summed E-state index contributed by atoms with van der Waals surface area (Å²) in [6.07, 6.45) is 0. The summed E-state index contributed by atoms with van der Waals surface area (Å²) in [7, 11) is 3.39. The largest absolute Gasteiger partial charge is 0.314 e. The quantitative estimate of drug-likeness (QED) is 0.713. The first-order valence-corrected chi connectivity index (χ1v) is 4.63. The van der Waals surface area contributed by atoms with Crippen LogP contribution in [0.15, 0.2) is 30.3 Å². The molecule has 0 heterocycles. The standard InChI is InChI=1S/C10H13ClN2O/c1-12(11)8-10(14)13(2)9-6-4-3-5-7-9/h3-7H,8H2,1-2H3. The van der Waals surface area contributed by atoms with Gasteiger partial charge in [-0.05, 0) is 23.9 Å². The van der Waals surface area contributed by atoms with Crippen molar-refractivity contribution in [1.29, 1.82) is 0 Å². The summed E-state index contributed by atoms with van der Waals surface area (Å²) in [5.74, 6) is -0.0336. The van der Waals surface area contributed by atoms with Crippen LogP contribution < -0.4 is 4.90 Å². The number of hydrogen-bond donors (Lipinski definition) is 0.